The van der Waals surface area contributed by atoms with Gasteiger partial charge < -0.3 is 8.98 Å². The van der Waals surface area contributed by atoms with Crippen molar-refractivity contribution in [2.24, 2.45) is 0 Å². The molecule has 0 saturated heterocycles. The third-order valence-corrected chi connectivity index (χ3v) is 9.76. The van der Waals surface area contributed by atoms with Gasteiger partial charge >= 0.3 is 0 Å². The molecule has 0 radical (unpaired) electrons. The second-order valence-corrected chi connectivity index (χ2v) is 12.7. The molecule has 0 unspecified atom stereocenters. The molecule has 0 spiro atoms. The van der Waals surface area contributed by atoms with E-state index in [0.29, 0.717) is 17.5 Å². The summed E-state index contributed by atoms with van der Waals surface area (Å²) in [4.78, 5) is 15.2. The van der Waals surface area contributed by atoms with E-state index in [1.807, 2.05) is 36.4 Å². The smallest absolute Gasteiger partial charge is 0.164 e. The van der Waals surface area contributed by atoms with Gasteiger partial charge in [0.05, 0.1) is 16.7 Å². The van der Waals surface area contributed by atoms with Gasteiger partial charge in [0, 0.05) is 38.1 Å². The molecular weight excluding hydrogens is 613 g/mol. The van der Waals surface area contributed by atoms with Crippen molar-refractivity contribution >= 4 is 44.4 Å². The van der Waals surface area contributed by atoms with Crippen LogP contribution in [0.2, 0.25) is 0 Å². The van der Waals surface area contributed by atoms with E-state index in [0.717, 1.165) is 73.4 Å². The zero-order chi connectivity index (χ0) is 33.0. The van der Waals surface area contributed by atoms with Crippen LogP contribution >= 0.6 is 0 Å². The van der Waals surface area contributed by atoms with E-state index in [4.69, 9.17) is 19.4 Å². The minimum atomic E-state index is 0.638. The van der Waals surface area contributed by atoms with E-state index in [1.54, 1.807) is 0 Å². The molecule has 0 amide bonds. The van der Waals surface area contributed by atoms with Crippen molar-refractivity contribution in [3.63, 3.8) is 0 Å². The Morgan fingerprint density at radius 1 is 0.460 bits per heavy atom. The highest BCUT2D eigenvalue weighted by Crippen LogP contribution is 2.34. The zero-order valence-electron chi connectivity index (χ0n) is 27.1. The molecule has 3 aromatic heterocycles. The first-order valence-corrected chi connectivity index (χ1v) is 17.0. The maximum absolute atomic E-state index is 6.98. The van der Waals surface area contributed by atoms with Crippen molar-refractivity contribution in [2.45, 2.75) is 12.8 Å². The number of nitrogens with zero attached hydrogens (tertiary/aromatic N) is 4. The molecule has 3 heterocycles. The summed E-state index contributed by atoms with van der Waals surface area (Å²) < 4.78 is 9.31. The van der Waals surface area contributed by atoms with Crippen LogP contribution in [0.1, 0.15) is 18.7 Å². The molecule has 9 aromatic rings. The van der Waals surface area contributed by atoms with Gasteiger partial charge in [0.25, 0.3) is 0 Å². The first-order valence-electron chi connectivity index (χ1n) is 17.0. The number of rotatable bonds is 5. The van der Waals surface area contributed by atoms with E-state index < -0.39 is 0 Å². The van der Waals surface area contributed by atoms with Crippen molar-refractivity contribution in [3.8, 4) is 39.6 Å². The topological polar surface area (TPSA) is 56.7 Å². The average molecular weight is 643 g/mol. The Labute approximate surface area is 288 Å². The summed E-state index contributed by atoms with van der Waals surface area (Å²) in [5, 5.41) is 4.63. The Morgan fingerprint density at radius 2 is 0.980 bits per heavy atom. The molecule has 5 nitrogen and oxygen atoms in total. The van der Waals surface area contributed by atoms with Gasteiger partial charge in [-0.25, -0.2) is 15.0 Å². The van der Waals surface area contributed by atoms with E-state index in [1.165, 1.54) is 16.3 Å². The van der Waals surface area contributed by atoms with Crippen molar-refractivity contribution in [3.05, 3.63) is 168 Å². The van der Waals surface area contributed by atoms with Gasteiger partial charge in [-0.15, -0.1) is 0 Å². The van der Waals surface area contributed by atoms with Gasteiger partial charge in [-0.3, -0.25) is 0 Å². The van der Waals surface area contributed by atoms with E-state index >= 15 is 0 Å². The van der Waals surface area contributed by atoms with Gasteiger partial charge in [0.1, 0.15) is 5.42 Å². The van der Waals surface area contributed by atoms with E-state index in [2.05, 4.69) is 126 Å². The van der Waals surface area contributed by atoms with Crippen LogP contribution < -0.4 is 10.6 Å². The van der Waals surface area contributed by atoms with Crippen LogP contribution in [0.25, 0.3) is 84.0 Å². The Kier molecular flexibility index (Phi) is 6.56. The summed E-state index contributed by atoms with van der Waals surface area (Å²) in [6.45, 7) is 0. The molecule has 0 bridgehead atoms. The van der Waals surface area contributed by atoms with Crippen molar-refractivity contribution in [2.75, 3.05) is 0 Å². The minimum Gasteiger partial charge on any atom is -0.453 e. The lowest BCUT2D eigenvalue weighted by molar-refractivity contribution is 0.566. The van der Waals surface area contributed by atoms with Crippen molar-refractivity contribution in [1.82, 2.24) is 19.5 Å². The second-order valence-electron chi connectivity index (χ2n) is 12.7. The molecule has 6 aromatic carbocycles. The number of furan rings is 1. The number of hydrogen-bond donors (Lipinski definition) is 0. The molecular formula is C45H30N4O. The molecule has 236 valence electrons. The Hall–Kier alpha value is -6.59. The first kappa shape index (κ1) is 28.4. The Morgan fingerprint density at radius 3 is 1.66 bits per heavy atom. The molecule has 0 fully saturated rings. The van der Waals surface area contributed by atoms with Crippen LogP contribution in [-0.2, 0) is 0 Å². The SMILES string of the molecule is C1=c2c(oc3c(-n4c5ccccc5c5ccccc54)cccc23)=C(c2nc(-c3ccccc3)nc(-c3ccc(-c4ccccc4)cc3)n2)CC1. The fourth-order valence-corrected chi connectivity index (χ4v) is 7.39. The summed E-state index contributed by atoms with van der Waals surface area (Å²) in [6, 6.07) is 52.6. The third-order valence-electron chi connectivity index (χ3n) is 9.76. The van der Waals surface area contributed by atoms with Crippen molar-refractivity contribution in [1.29, 1.82) is 0 Å². The van der Waals surface area contributed by atoms with Crippen molar-refractivity contribution < 1.29 is 4.42 Å². The maximum atomic E-state index is 6.98. The molecule has 1 aliphatic rings. The summed E-state index contributed by atoms with van der Waals surface area (Å²) in [6.07, 6.45) is 3.93. The minimum absolute atomic E-state index is 0.638. The van der Waals surface area contributed by atoms with Crippen LogP contribution in [0.5, 0.6) is 0 Å². The molecule has 5 heteroatoms. The number of benzene rings is 6. The number of para-hydroxylation sites is 3. The largest absolute Gasteiger partial charge is 0.453 e. The molecule has 0 N–H and O–H groups in total. The lowest BCUT2D eigenvalue weighted by Crippen LogP contribution is -2.27. The average Bonchev–Trinajstić information content (AvgIpc) is 3.75. The first-order chi connectivity index (χ1) is 24.8. The Balaban J connectivity index is 1.19. The number of aromatic nitrogens is 4. The molecule has 0 atom stereocenters. The van der Waals surface area contributed by atoms with E-state index in [-0.39, 0.29) is 0 Å². The van der Waals surface area contributed by atoms with Crippen LogP contribution in [0.3, 0.4) is 0 Å². The summed E-state index contributed by atoms with van der Waals surface area (Å²) >= 11 is 0. The van der Waals surface area contributed by atoms with Gasteiger partial charge in [-0.1, -0.05) is 140 Å². The monoisotopic (exact) mass is 642 g/mol. The third kappa shape index (κ3) is 4.59. The number of hydrogen-bond acceptors (Lipinski definition) is 4. The quantitative estimate of drug-likeness (QED) is 0.188. The van der Waals surface area contributed by atoms with Crippen LogP contribution in [-0.4, -0.2) is 19.5 Å². The van der Waals surface area contributed by atoms with E-state index in [9.17, 15) is 0 Å². The normalized spacial score (nSPS) is 12.8. The summed E-state index contributed by atoms with van der Waals surface area (Å²) in [5.41, 5.74) is 10.2. The lowest BCUT2D eigenvalue weighted by atomic mass is 10.0. The fourth-order valence-electron chi connectivity index (χ4n) is 7.39. The predicted molar refractivity (Wildman–Crippen MR) is 202 cm³/mol. The maximum Gasteiger partial charge on any atom is 0.164 e. The molecule has 1 aliphatic carbocycles. The fraction of sp³-hybridized carbons (Fsp3) is 0.0444. The highest BCUT2D eigenvalue weighted by atomic mass is 16.3. The van der Waals surface area contributed by atoms with Crippen LogP contribution in [0.4, 0.5) is 0 Å². The van der Waals surface area contributed by atoms with Crippen LogP contribution in [0.15, 0.2) is 156 Å². The van der Waals surface area contributed by atoms with Crippen LogP contribution in [0, 0.1) is 0 Å². The highest BCUT2D eigenvalue weighted by Gasteiger charge is 2.22. The molecule has 50 heavy (non-hydrogen) atoms. The Bertz CT molecular complexity index is 2800. The predicted octanol–water partition coefficient (Wildman–Crippen LogP) is 9.49. The highest BCUT2D eigenvalue weighted by molar-refractivity contribution is 6.10. The van der Waals surface area contributed by atoms with Gasteiger partial charge in [-0.05, 0) is 42.2 Å². The standard InChI is InChI=1S/C45H30N4O/c1-3-13-29(14-4-1)30-25-27-32(28-26-30)44-46-43(31-15-5-2-6-16-31)47-45(48-44)37-21-11-19-35-36-20-12-24-40(42(36)50-41(35)37)49-38-22-9-7-17-33(38)34-18-8-10-23-39(34)49/h1-10,12-20,22-28H,11,21H2. The van der Waals surface area contributed by atoms with Gasteiger partial charge in [0.15, 0.2) is 23.1 Å². The second kappa shape index (κ2) is 11.5. The summed E-state index contributed by atoms with van der Waals surface area (Å²) in [7, 11) is 0. The molecule has 0 saturated carbocycles. The zero-order valence-corrected chi connectivity index (χ0v) is 27.1. The van der Waals surface area contributed by atoms with Gasteiger partial charge in [-0.2, -0.15) is 0 Å². The molecule has 10 rings (SSSR count). The number of fused-ring (bicyclic) bond motifs is 6. The van der Waals surface area contributed by atoms with Gasteiger partial charge in [0.2, 0.25) is 0 Å². The lowest BCUT2D eigenvalue weighted by Gasteiger charge is -2.11. The molecule has 0 aliphatic heterocycles. The summed E-state index contributed by atoms with van der Waals surface area (Å²) in [5.74, 6) is 1.93.